The molecule has 1 atom stereocenters. The number of hydrogen-bond acceptors (Lipinski definition) is 2. The van der Waals surface area contributed by atoms with Crippen LogP contribution in [0.2, 0.25) is 0 Å². The van der Waals surface area contributed by atoms with Crippen LogP contribution in [0.15, 0.2) is 24.3 Å². The molecule has 0 aliphatic heterocycles. The second-order valence-corrected chi connectivity index (χ2v) is 8.64. The predicted molar refractivity (Wildman–Crippen MR) is 124 cm³/mol. The maximum Gasteiger partial charge on any atom is 0.224 e. The molecule has 1 amide bonds. The van der Waals surface area contributed by atoms with Crippen molar-refractivity contribution in [2.45, 2.75) is 122 Å². The Labute approximate surface area is 179 Å². The minimum atomic E-state index is -0.267. The van der Waals surface area contributed by atoms with Crippen LogP contribution in [0, 0.1) is 0 Å². The summed E-state index contributed by atoms with van der Waals surface area (Å²) >= 11 is 0. The van der Waals surface area contributed by atoms with Crippen LogP contribution in [-0.4, -0.2) is 11.0 Å². The highest BCUT2D eigenvalue weighted by Crippen LogP contribution is 2.24. The fourth-order valence-corrected chi connectivity index (χ4v) is 4.08. The van der Waals surface area contributed by atoms with Crippen LogP contribution in [-0.2, 0) is 4.79 Å². The molecular formula is C26H45NO2. The number of carbonyl (C=O) groups is 1. The first-order valence-electron chi connectivity index (χ1n) is 12.2. The van der Waals surface area contributed by atoms with Gasteiger partial charge in [-0.3, -0.25) is 4.79 Å². The van der Waals surface area contributed by atoms with Gasteiger partial charge in [0.1, 0.15) is 5.75 Å². The summed E-state index contributed by atoms with van der Waals surface area (Å²) < 4.78 is 0. The number of phenols is 1. The molecule has 0 spiro atoms. The van der Waals surface area contributed by atoms with Gasteiger partial charge in [-0.1, -0.05) is 122 Å². The fourth-order valence-electron chi connectivity index (χ4n) is 4.08. The lowest BCUT2D eigenvalue weighted by Gasteiger charge is -2.13. The Balaban J connectivity index is 1.92. The van der Waals surface area contributed by atoms with Crippen molar-refractivity contribution in [3.63, 3.8) is 0 Å². The molecule has 1 aromatic carbocycles. The van der Waals surface area contributed by atoms with Gasteiger partial charge in [0.15, 0.2) is 0 Å². The van der Waals surface area contributed by atoms with Crippen LogP contribution in [0.4, 0.5) is 0 Å². The summed E-state index contributed by atoms with van der Waals surface area (Å²) in [6.07, 6.45) is 22.4. The Bertz CT molecular complexity index is 512. The molecule has 0 heterocycles. The van der Waals surface area contributed by atoms with Gasteiger partial charge in [-0.05, 0) is 24.1 Å². The average molecular weight is 404 g/mol. The van der Waals surface area contributed by atoms with E-state index in [1.165, 1.54) is 96.3 Å². The Morgan fingerprint density at radius 1 is 0.724 bits per heavy atom. The second-order valence-electron chi connectivity index (χ2n) is 8.64. The van der Waals surface area contributed by atoms with Gasteiger partial charge in [0.25, 0.3) is 0 Å². The molecule has 0 radical (unpaired) electrons. The monoisotopic (exact) mass is 403 g/mol. The van der Waals surface area contributed by atoms with E-state index < -0.39 is 0 Å². The van der Waals surface area contributed by atoms with Crippen LogP contribution in [0.3, 0.4) is 0 Å². The summed E-state index contributed by atoms with van der Waals surface area (Å²) in [7, 11) is 0. The molecule has 0 aliphatic rings. The van der Waals surface area contributed by atoms with Crippen LogP contribution in [0.25, 0.3) is 0 Å². The standard InChI is InChI=1S/C26H45NO2/c1-2-3-4-5-6-7-8-9-10-11-12-13-14-15-16-17-18-25(26(27)29)23-19-21-24(28)22-20-23/h19-22,25,28H,2-18H2,1H3,(H2,27,29). The molecule has 3 nitrogen and oxygen atoms in total. The minimum Gasteiger partial charge on any atom is -0.508 e. The number of carbonyl (C=O) groups excluding carboxylic acids is 1. The van der Waals surface area contributed by atoms with Crippen molar-refractivity contribution in [3.05, 3.63) is 29.8 Å². The molecule has 3 heteroatoms. The van der Waals surface area contributed by atoms with Crippen LogP contribution in [0.5, 0.6) is 5.75 Å². The second kappa shape index (κ2) is 17.4. The normalized spacial score (nSPS) is 12.2. The summed E-state index contributed by atoms with van der Waals surface area (Å²) in [4.78, 5) is 11.7. The zero-order valence-electron chi connectivity index (χ0n) is 18.8. The largest absolute Gasteiger partial charge is 0.508 e. The van der Waals surface area contributed by atoms with Crippen LogP contribution < -0.4 is 5.73 Å². The molecule has 1 rings (SSSR count). The third-order valence-corrected chi connectivity index (χ3v) is 5.99. The van der Waals surface area contributed by atoms with E-state index in [4.69, 9.17) is 5.73 Å². The number of amides is 1. The van der Waals surface area contributed by atoms with E-state index in [0.717, 1.165) is 18.4 Å². The van der Waals surface area contributed by atoms with Crippen LogP contribution >= 0.6 is 0 Å². The first kappa shape index (κ1) is 25.5. The number of rotatable bonds is 19. The van der Waals surface area contributed by atoms with Crippen LogP contribution in [0.1, 0.15) is 128 Å². The number of phenolic OH excluding ortho intramolecular Hbond substituents is 1. The first-order chi connectivity index (χ1) is 14.1. The molecule has 29 heavy (non-hydrogen) atoms. The lowest BCUT2D eigenvalue weighted by molar-refractivity contribution is -0.119. The van der Waals surface area contributed by atoms with Gasteiger partial charge in [0.2, 0.25) is 5.91 Å². The minimum absolute atomic E-state index is 0.222. The highest BCUT2D eigenvalue weighted by atomic mass is 16.3. The zero-order valence-corrected chi connectivity index (χ0v) is 18.8. The van der Waals surface area contributed by atoms with Crippen molar-refractivity contribution >= 4 is 5.91 Å². The molecule has 1 aromatic rings. The van der Waals surface area contributed by atoms with E-state index >= 15 is 0 Å². The summed E-state index contributed by atoms with van der Waals surface area (Å²) in [5.41, 5.74) is 6.48. The molecule has 0 aliphatic carbocycles. The maximum absolute atomic E-state index is 11.7. The molecule has 0 bridgehead atoms. The molecule has 0 saturated heterocycles. The maximum atomic E-state index is 11.7. The van der Waals surface area contributed by atoms with E-state index in [1.807, 2.05) is 0 Å². The summed E-state index contributed by atoms with van der Waals surface area (Å²) in [5, 5.41) is 9.39. The highest BCUT2D eigenvalue weighted by Gasteiger charge is 2.17. The lowest BCUT2D eigenvalue weighted by Crippen LogP contribution is -2.21. The van der Waals surface area contributed by atoms with E-state index in [1.54, 1.807) is 24.3 Å². The van der Waals surface area contributed by atoms with Gasteiger partial charge in [-0.25, -0.2) is 0 Å². The first-order valence-corrected chi connectivity index (χ1v) is 12.2. The van der Waals surface area contributed by atoms with Crippen molar-refractivity contribution in [2.75, 3.05) is 0 Å². The zero-order chi connectivity index (χ0) is 21.2. The van der Waals surface area contributed by atoms with E-state index in [9.17, 15) is 9.90 Å². The Morgan fingerprint density at radius 2 is 1.10 bits per heavy atom. The van der Waals surface area contributed by atoms with Gasteiger partial charge in [0, 0.05) is 0 Å². The third-order valence-electron chi connectivity index (χ3n) is 5.99. The van der Waals surface area contributed by atoms with Gasteiger partial charge < -0.3 is 10.8 Å². The number of primary amides is 1. The van der Waals surface area contributed by atoms with E-state index in [0.29, 0.717) is 0 Å². The van der Waals surface area contributed by atoms with Gasteiger partial charge in [0.05, 0.1) is 5.92 Å². The lowest BCUT2D eigenvalue weighted by atomic mass is 9.92. The summed E-state index contributed by atoms with van der Waals surface area (Å²) in [5.74, 6) is -0.279. The van der Waals surface area contributed by atoms with Gasteiger partial charge in [-0.2, -0.15) is 0 Å². The molecule has 3 N–H and O–H groups in total. The molecular weight excluding hydrogens is 358 g/mol. The number of aromatic hydroxyl groups is 1. The number of benzene rings is 1. The number of unbranched alkanes of at least 4 members (excludes halogenated alkanes) is 15. The van der Waals surface area contributed by atoms with Crippen molar-refractivity contribution in [2.24, 2.45) is 5.73 Å². The predicted octanol–water partition coefficient (Wildman–Crippen LogP) is 7.61. The molecule has 166 valence electrons. The summed E-state index contributed by atoms with van der Waals surface area (Å²) in [6, 6.07) is 6.85. The Morgan fingerprint density at radius 3 is 1.48 bits per heavy atom. The Kier molecular flexibility index (Phi) is 15.3. The smallest absolute Gasteiger partial charge is 0.224 e. The number of nitrogens with two attached hydrogens (primary N) is 1. The third kappa shape index (κ3) is 13.4. The molecule has 0 saturated carbocycles. The van der Waals surface area contributed by atoms with Crippen molar-refractivity contribution in [3.8, 4) is 5.75 Å². The molecule has 0 aromatic heterocycles. The average Bonchev–Trinajstić information content (AvgIpc) is 2.71. The van der Waals surface area contributed by atoms with Crippen molar-refractivity contribution < 1.29 is 9.90 Å². The van der Waals surface area contributed by atoms with Gasteiger partial charge >= 0.3 is 0 Å². The molecule has 0 fully saturated rings. The SMILES string of the molecule is CCCCCCCCCCCCCCCCCCC(C(N)=O)c1ccc(O)cc1. The van der Waals surface area contributed by atoms with E-state index in [2.05, 4.69) is 6.92 Å². The highest BCUT2D eigenvalue weighted by molar-refractivity contribution is 5.81. The van der Waals surface area contributed by atoms with Crippen molar-refractivity contribution in [1.82, 2.24) is 0 Å². The Hall–Kier alpha value is -1.51. The number of hydrogen-bond donors (Lipinski definition) is 2. The van der Waals surface area contributed by atoms with Crippen molar-refractivity contribution in [1.29, 1.82) is 0 Å². The fraction of sp³-hybridized carbons (Fsp3) is 0.731. The van der Waals surface area contributed by atoms with E-state index in [-0.39, 0.29) is 17.6 Å². The topological polar surface area (TPSA) is 63.3 Å². The summed E-state index contributed by atoms with van der Waals surface area (Å²) in [6.45, 7) is 2.28. The molecule has 1 unspecified atom stereocenters. The van der Waals surface area contributed by atoms with Gasteiger partial charge in [-0.15, -0.1) is 0 Å². The quantitative estimate of drug-likeness (QED) is 0.233.